The molecule has 1 heterocycles. The van der Waals surface area contributed by atoms with Gasteiger partial charge >= 0.3 is 6.03 Å². The first-order chi connectivity index (χ1) is 13.9. The quantitative estimate of drug-likeness (QED) is 0.665. The first-order valence-corrected chi connectivity index (χ1v) is 9.25. The molecule has 0 unspecified atom stereocenters. The monoisotopic (exact) mass is 402 g/mol. The molecule has 8 heteroatoms. The van der Waals surface area contributed by atoms with Gasteiger partial charge in [-0.1, -0.05) is 0 Å². The summed E-state index contributed by atoms with van der Waals surface area (Å²) in [5, 5.41) is 22.6. The van der Waals surface area contributed by atoms with Crippen LogP contribution in [0.3, 0.4) is 0 Å². The molecule has 2 aromatic carbocycles. The molecule has 0 aromatic heterocycles. The zero-order valence-corrected chi connectivity index (χ0v) is 17.0. The Hall–Kier alpha value is -3.29. The number of nitrogens with one attached hydrogen (secondary N) is 1. The van der Waals surface area contributed by atoms with Crippen LogP contribution in [0.1, 0.15) is 22.7 Å². The number of carbonyl (C=O) groups is 1. The predicted octanol–water partition coefficient (Wildman–Crippen LogP) is 2.60. The highest BCUT2D eigenvalue weighted by molar-refractivity contribution is 5.75. The number of phenolic OH excluding ortho intramolecular Hbond substituents is 2. The Kier molecular flexibility index (Phi) is 5.91. The number of amides is 2. The van der Waals surface area contributed by atoms with Gasteiger partial charge in [-0.25, -0.2) is 4.79 Å². The number of hydrogen-bond donors (Lipinski definition) is 3. The van der Waals surface area contributed by atoms with E-state index in [9.17, 15) is 15.0 Å². The maximum atomic E-state index is 12.5. The lowest BCUT2D eigenvalue weighted by atomic mass is 9.88. The van der Waals surface area contributed by atoms with Gasteiger partial charge in [0.1, 0.15) is 0 Å². The van der Waals surface area contributed by atoms with Gasteiger partial charge in [0.05, 0.1) is 27.4 Å². The molecule has 1 atom stereocenters. The summed E-state index contributed by atoms with van der Waals surface area (Å²) in [6, 6.07) is 6.24. The number of methoxy groups -OCH3 is 3. The van der Waals surface area contributed by atoms with Crippen molar-refractivity contribution >= 4 is 6.03 Å². The van der Waals surface area contributed by atoms with Crippen LogP contribution in [0.2, 0.25) is 0 Å². The molecule has 29 heavy (non-hydrogen) atoms. The maximum absolute atomic E-state index is 12.5. The second kappa shape index (κ2) is 8.38. The zero-order chi connectivity index (χ0) is 21.1. The molecule has 0 bridgehead atoms. The Morgan fingerprint density at radius 3 is 2.24 bits per heavy atom. The third-order valence-corrected chi connectivity index (χ3v) is 5.22. The van der Waals surface area contributed by atoms with E-state index in [1.54, 1.807) is 39.3 Å². The average Bonchev–Trinajstić information content (AvgIpc) is 2.73. The van der Waals surface area contributed by atoms with Crippen LogP contribution >= 0.6 is 0 Å². The zero-order valence-electron chi connectivity index (χ0n) is 17.0. The SMILES string of the molecule is CNC(=O)N1CCc2cc(O)c(O)cc2[C@@H]1Cc1cc(OC)c(OC)c(OC)c1. The van der Waals surface area contributed by atoms with Crippen molar-refractivity contribution in [3.05, 3.63) is 41.0 Å². The van der Waals surface area contributed by atoms with E-state index >= 15 is 0 Å². The first kappa shape index (κ1) is 20.4. The van der Waals surface area contributed by atoms with E-state index < -0.39 is 0 Å². The smallest absolute Gasteiger partial charge is 0.317 e. The topological polar surface area (TPSA) is 100 Å². The van der Waals surface area contributed by atoms with Crippen LogP contribution in [-0.2, 0) is 12.8 Å². The molecule has 0 saturated heterocycles. The molecule has 0 radical (unpaired) electrons. The Labute approximate surface area is 169 Å². The molecule has 1 aliphatic heterocycles. The molecule has 8 nitrogen and oxygen atoms in total. The van der Waals surface area contributed by atoms with Gasteiger partial charge in [-0.05, 0) is 53.8 Å². The number of urea groups is 1. The van der Waals surface area contributed by atoms with E-state index in [0.717, 1.165) is 16.7 Å². The molecule has 0 saturated carbocycles. The fourth-order valence-electron chi connectivity index (χ4n) is 3.81. The van der Waals surface area contributed by atoms with Gasteiger partial charge in [-0.3, -0.25) is 0 Å². The summed E-state index contributed by atoms with van der Waals surface area (Å²) in [7, 11) is 6.23. The molecule has 0 aliphatic carbocycles. The molecule has 3 rings (SSSR count). The summed E-state index contributed by atoms with van der Waals surface area (Å²) >= 11 is 0. The van der Waals surface area contributed by atoms with Crippen LogP contribution in [0, 0.1) is 0 Å². The van der Waals surface area contributed by atoms with Gasteiger partial charge in [-0.15, -0.1) is 0 Å². The van der Waals surface area contributed by atoms with Crippen molar-refractivity contribution < 1.29 is 29.2 Å². The fraction of sp³-hybridized carbons (Fsp3) is 0.381. The summed E-state index contributed by atoms with van der Waals surface area (Å²) in [5.74, 6) is 1.17. The minimum Gasteiger partial charge on any atom is -0.504 e. The van der Waals surface area contributed by atoms with Gasteiger partial charge in [-0.2, -0.15) is 0 Å². The molecular weight excluding hydrogens is 376 g/mol. The van der Waals surface area contributed by atoms with E-state index in [0.29, 0.717) is 36.6 Å². The minimum atomic E-state index is -0.340. The Balaban J connectivity index is 2.07. The standard InChI is InChI=1S/C21H26N2O6/c1-22-21(26)23-6-5-13-10-16(24)17(25)11-14(13)15(23)7-12-8-18(27-2)20(29-4)19(9-12)28-3/h8-11,15,24-25H,5-7H2,1-4H3,(H,22,26)/t15-/m0/s1. The van der Waals surface area contributed by atoms with Crippen molar-refractivity contribution in [3.8, 4) is 28.7 Å². The Morgan fingerprint density at radius 2 is 1.69 bits per heavy atom. The number of carbonyl (C=O) groups excluding carboxylic acids is 1. The molecule has 1 aliphatic rings. The lowest BCUT2D eigenvalue weighted by molar-refractivity contribution is 0.170. The second-order valence-corrected chi connectivity index (χ2v) is 6.79. The minimum absolute atomic E-state index is 0.163. The summed E-state index contributed by atoms with van der Waals surface area (Å²) in [5.41, 5.74) is 2.57. The molecular formula is C21H26N2O6. The van der Waals surface area contributed by atoms with Crippen molar-refractivity contribution in [1.29, 1.82) is 0 Å². The lowest BCUT2D eigenvalue weighted by Gasteiger charge is -2.37. The first-order valence-electron chi connectivity index (χ1n) is 9.25. The summed E-state index contributed by atoms with van der Waals surface area (Å²) in [4.78, 5) is 14.2. The third kappa shape index (κ3) is 3.83. The maximum Gasteiger partial charge on any atom is 0.317 e. The van der Waals surface area contributed by atoms with Gasteiger partial charge in [0.25, 0.3) is 0 Å². The normalized spacial score (nSPS) is 15.4. The van der Waals surface area contributed by atoms with Crippen molar-refractivity contribution in [2.75, 3.05) is 34.9 Å². The number of hydrogen-bond acceptors (Lipinski definition) is 6. The van der Waals surface area contributed by atoms with Crippen molar-refractivity contribution in [2.24, 2.45) is 0 Å². The number of nitrogens with zero attached hydrogens (tertiary/aromatic N) is 1. The number of phenols is 2. The highest BCUT2D eigenvalue weighted by Gasteiger charge is 2.32. The van der Waals surface area contributed by atoms with Gasteiger partial charge in [0, 0.05) is 13.6 Å². The van der Waals surface area contributed by atoms with Crippen molar-refractivity contribution in [3.63, 3.8) is 0 Å². The highest BCUT2D eigenvalue weighted by atomic mass is 16.5. The van der Waals surface area contributed by atoms with Gasteiger partial charge in [0.2, 0.25) is 5.75 Å². The number of fused-ring (bicyclic) bond motifs is 1. The molecule has 0 fully saturated rings. The van der Waals surface area contributed by atoms with Crippen LogP contribution < -0.4 is 19.5 Å². The predicted molar refractivity (Wildman–Crippen MR) is 107 cm³/mol. The number of aromatic hydroxyl groups is 2. The highest BCUT2D eigenvalue weighted by Crippen LogP contribution is 2.42. The van der Waals surface area contributed by atoms with Gasteiger partial charge in [0.15, 0.2) is 23.0 Å². The fourth-order valence-corrected chi connectivity index (χ4v) is 3.81. The van der Waals surface area contributed by atoms with Gasteiger partial charge < -0.3 is 34.6 Å². The van der Waals surface area contributed by atoms with E-state index in [1.807, 2.05) is 12.1 Å². The molecule has 2 amide bonds. The van der Waals surface area contributed by atoms with Crippen LogP contribution in [0.25, 0.3) is 0 Å². The number of rotatable bonds is 5. The number of benzene rings is 2. The summed E-state index contributed by atoms with van der Waals surface area (Å²) in [6.45, 7) is 0.492. The van der Waals surface area contributed by atoms with Crippen molar-refractivity contribution in [2.45, 2.75) is 18.9 Å². The molecule has 3 N–H and O–H groups in total. The Bertz CT molecular complexity index is 889. The van der Waals surface area contributed by atoms with E-state index in [1.165, 1.54) is 6.07 Å². The Morgan fingerprint density at radius 1 is 1.07 bits per heavy atom. The largest absolute Gasteiger partial charge is 0.504 e. The van der Waals surface area contributed by atoms with E-state index in [4.69, 9.17) is 14.2 Å². The average molecular weight is 402 g/mol. The van der Waals surface area contributed by atoms with Crippen LogP contribution in [-0.4, -0.2) is 56.1 Å². The second-order valence-electron chi connectivity index (χ2n) is 6.79. The molecule has 2 aromatic rings. The van der Waals surface area contributed by atoms with Crippen LogP contribution in [0.5, 0.6) is 28.7 Å². The van der Waals surface area contributed by atoms with Crippen LogP contribution in [0.4, 0.5) is 4.79 Å². The molecule has 156 valence electrons. The molecule has 0 spiro atoms. The summed E-state index contributed by atoms with van der Waals surface area (Å²) in [6.07, 6.45) is 1.05. The van der Waals surface area contributed by atoms with Crippen LogP contribution in [0.15, 0.2) is 24.3 Å². The lowest BCUT2D eigenvalue weighted by Crippen LogP contribution is -2.45. The summed E-state index contributed by atoms with van der Waals surface area (Å²) < 4.78 is 16.3. The van der Waals surface area contributed by atoms with E-state index in [-0.39, 0.29) is 23.6 Å². The van der Waals surface area contributed by atoms with E-state index in [2.05, 4.69) is 5.32 Å². The third-order valence-electron chi connectivity index (χ3n) is 5.22. The number of ether oxygens (including phenoxy) is 3. The van der Waals surface area contributed by atoms with Crippen molar-refractivity contribution in [1.82, 2.24) is 10.2 Å².